The van der Waals surface area contributed by atoms with Gasteiger partial charge in [0.2, 0.25) is 0 Å². The van der Waals surface area contributed by atoms with E-state index in [4.69, 9.17) is 0 Å². The third kappa shape index (κ3) is 2.92. The molecule has 0 radical (unpaired) electrons. The van der Waals surface area contributed by atoms with Gasteiger partial charge in [-0.25, -0.2) is 14.1 Å². The van der Waals surface area contributed by atoms with Crippen molar-refractivity contribution < 1.29 is 18.8 Å². The van der Waals surface area contributed by atoms with Crippen LogP contribution in [0.15, 0.2) is 35.9 Å². The predicted octanol–water partition coefficient (Wildman–Crippen LogP) is 2.93. The van der Waals surface area contributed by atoms with Gasteiger partial charge in [0, 0.05) is 17.9 Å². The number of anilines is 1. The average molecular weight is 355 g/mol. The number of carbonyl (C=O) groups excluding carboxylic acids is 3. The second-order valence-electron chi connectivity index (χ2n) is 6.00. The lowest BCUT2D eigenvalue weighted by atomic mass is 10.1. The number of aryl methyl sites for hydroxylation is 1. The Morgan fingerprint density at radius 2 is 1.77 bits per heavy atom. The van der Waals surface area contributed by atoms with Crippen molar-refractivity contribution >= 4 is 29.6 Å². The molecule has 0 spiro atoms. The molecule has 134 valence electrons. The van der Waals surface area contributed by atoms with Gasteiger partial charge in [0.05, 0.1) is 5.69 Å². The Kier molecular flexibility index (Phi) is 4.46. The highest BCUT2D eigenvalue weighted by Gasteiger charge is 2.37. The molecule has 2 aromatic rings. The minimum absolute atomic E-state index is 0.148. The number of hydrogen-bond acceptors (Lipinski definition) is 3. The number of barbiturate groups is 1. The van der Waals surface area contributed by atoms with Crippen molar-refractivity contribution in [2.24, 2.45) is 0 Å². The van der Waals surface area contributed by atoms with Gasteiger partial charge < -0.3 is 4.57 Å². The van der Waals surface area contributed by atoms with E-state index >= 15 is 0 Å². The quantitative estimate of drug-likeness (QED) is 0.680. The molecular weight excluding hydrogens is 337 g/mol. The van der Waals surface area contributed by atoms with E-state index in [2.05, 4.69) is 9.88 Å². The number of nitrogens with zero attached hydrogens (tertiary/aromatic N) is 2. The minimum Gasteiger partial charge on any atom is -0.349 e. The maximum atomic E-state index is 13.1. The molecule has 3 rings (SSSR count). The largest absolute Gasteiger partial charge is 0.349 e. The first-order valence-corrected chi connectivity index (χ1v) is 8.17. The molecule has 1 saturated heterocycles. The molecular formula is C19H18FN3O3. The van der Waals surface area contributed by atoms with Gasteiger partial charge in [-0.05, 0) is 62.7 Å². The van der Waals surface area contributed by atoms with Crippen LogP contribution in [0, 0.1) is 19.7 Å². The second kappa shape index (κ2) is 6.59. The molecule has 2 heterocycles. The number of benzene rings is 1. The van der Waals surface area contributed by atoms with E-state index in [9.17, 15) is 18.8 Å². The van der Waals surface area contributed by atoms with Crippen LogP contribution >= 0.6 is 0 Å². The third-order valence-electron chi connectivity index (χ3n) is 4.42. The van der Waals surface area contributed by atoms with Crippen LogP contribution in [0.25, 0.3) is 6.08 Å². The summed E-state index contributed by atoms with van der Waals surface area (Å²) in [5.41, 5.74) is 2.70. The highest BCUT2D eigenvalue weighted by Crippen LogP contribution is 2.24. The zero-order chi connectivity index (χ0) is 19.0. The van der Waals surface area contributed by atoms with Crippen LogP contribution in [0.1, 0.15) is 23.9 Å². The summed E-state index contributed by atoms with van der Waals surface area (Å²) in [6.45, 7) is 6.61. The van der Waals surface area contributed by atoms with Gasteiger partial charge in [0.1, 0.15) is 11.4 Å². The first-order chi connectivity index (χ1) is 12.3. The highest BCUT2D eigenvalue weighted by atomic mass is 19.1. The Morgan fingerprint density at radius 3 is 2.35 bits per heavy atom. The SMILES string of the molecule is CCn1c(C)cc(/C=C2\C(=O)NC(=O)N(c3ccc(F)cc3)C2=O)c1C. The van der Waals surface area contributed by atoms with E-state index < -0.39 is 23.7 Å². The van der Waals surface area contributed by atoms with Crippen LogP contribution < -0.4 is 10.2 Å². The molecule has 6 nitrogen and oxygen atoms in total. The van der Waals surface area contributed by atoms with Crippen LogP contribution in [0.5, 0.6) is 0 Å². The molecule has 0 aliphatic carbocycles. The summed E-state index contributed by atoms with van der Waals surface area (Å²) in [5.74, 6) is -1.98. The van der Waals surface area contributed by atoms with E-state index in [1.807, 2.05) is 26.8 Å². The molecule has 1 fully saturated rings. The molecule has 1 aliphatic heterocycles. The summed E-state index contributed by atoms with van der Waals surface area (Å²) in [6.07, 6.45) is 1.48. The van der Waals surface area contributed by atoms with Crippen molar-refractivity contribution in [1.29, 1.82) is 0 Å². The topological polar surface area (TPSA) is 71.4 Å². The molecule has 1 N–H and O–H groups in total. The lowest BCUT2D eigenvalue weighted by molar-refractivity contribution is -0.122. The van der Waals surface area contributed by atoms with E-state index in [-0.39, 0.29) is 11.3 Å². The second-order valence-corrected chi connectivity index (χ2v) is 6.00. The number of imide groups is 2. The van der Waals surface area contributed by atoms with Crippen LogP contribution in [0.3, 0.4) is 0 Å². The van der Waals surface area contributed by atoms with Crippen molar-refractivity contribution in [3.63, 3.8) is 0 Å². The number of rotatable bonds is 3. The molecule has 7 heteroatoms. The lowest BCUT2D eigenvalue weighted by Gasteiger charge is -2.26. The lowest BCUT2D eigenvalue weighted by Crippen LogP contribution is -2.54. The number of amides is 4. The molecule has 0 bridgehead atoms. The Labute approximate surface area is 149 Å². The molecule has 0 saturated carbocycles. The first kappa shape index (κ1) is 17.6. The highest BCUT2D eigenvalue weighted by molar-refractivity contribution is 6.39. The summed E-state index contributed by atoms with van der Waals surface area (Å²) < 4.78 is 15.2. The Hall–Kier alpha value is -3.22. The maximum Gasteiger partial charge on any atom is 0.335 e. The van der Waals surface area contributed by atoms with E-state index in [1.165, 1.54) is 18.2 Å². The molecule has 0 unspecified atom stereocenters. The minimum atomic E-state index is -0.859. The molecule has 0 atom stereocenters. The standard InChI is InChI=1S/C19H18FN3O3/c1-4-22-11(2)9-13(12(22)3)10-16-17(24)21-19(26)23(18(16)25)15-7-5-14(20)6-8-15/h5-10H,4H2,1-3H3,(H,21,24,26)/b16-10+. The van der Waals surface area contributed by atoms with Crippen LogP contribution in [0.4, 0.5) is 14.9 Å². The number of aromatic nitrogens is 1. The Bertz CT molecular complexity index is 942. The van der Waals surface area contributed by atoms with Gasteiger partial charge in [0.15, 0.2) is 0 Å². The number of urea groups is 1. The van der Waals surface area contributed by atoms with Gasteiger partial charge >= 0.3 is 6.03 Å². The monoisotopic (exact) mass is 355 g/mol. The fourth-order valence-electron chi connectivity index (χ4n) is 3.10. The molecule has 4 amide bonds. The Morgan fingerprint density at radius 1 is 1.12 bits per heavy atom. The van der Waals surface area contributed by atoms with Gasteiger partial charge in [-0.15, -0.1) is 0 Å². The van der Waals surface area contributed by atoms with E-state index in [0.717, 1.165) is 40.5 Å². The van der Waals surface area contributed by atoms with Crippen LogP contribution in [0.2, 0.25) is 0 Å². The molecule has 1 aliphatic rings. The van der Waals surface area contributed by atoms with E-state index in [0.29, 0.717) is 0 Å². The third-order valence-corrected chi connectivity index (χ3v) is 4.42. The van der Waals surface area contributed by atoms with Gasteiger partial charge in [-0.2, -0.15) is 0 Å². The molecule has 1 aromatic heterocycles. The zero-order valence-electron chi connectivity index (χ0n) is 14.7. The summed E-state index contributed by atoms with van der Waals surface area (Å²) in [4.78, 5) is 37.9. The van der Waals surface area contributed by atoms with Crippen molar-refractivity contribution in [2.75, 3.05) is 4.90 Å². The predicted molar refractivity (Wildman–Crippen MR) is 95.0 cm³/mol. The number of carbonyl (C=O) groups is 3. The van der Waals surface area contributed by atoms with Gasteiger partial charge in [0.25, 0.3) is 11.8 Å². The number of hydrogen-bond donors (Lipinski definition) is 1. The van der Waals surface area contributed by atoms with Crippen molar-refractivity contribution in [3.8, 4) is 0 Å². The van der Waals surface area contributed by atoms with E-state index in [1.54, 1.807) is 0 Å². The van der Waals surface area contributed by atoms with Crippen molar-refractivity contribution in [1.82, 2.24) is 9.88 Å². The normalized spacial score (nSPS) is 16.4. The fourth-order valence-corrected chi connectivity index (χ4v) is 3.10. The molecule has 1 aromatic carbocycles. The fraction of sp³-hybridized carbons (Fsp3) is 0.211. The molecule has 26 heavy (non-hydrogen) atoms. The summed E-state index contributed by atoms with van der Waals surface area (Å²) >= 11 is 0. The van der Waals surface area contributed by atoms with Crippen LogP contribution in [-0.4, -0.2) is 22.4 Å². The zero-order valence-corrected chi connectivity index (χ0v) is 14.7. The number of halogens is 1. The van der Waals surface area contributed by atoms with Gasteiger partial charge in [-0.1, -0.05) is 0 Å². The first-order valence-electron chi connectivity index (χ1n) is 8.17. The summed E-state index contributed by atoms with van der Waals surface area (Å²) in [6, 6.07) is 5.93. The summed E-state index contributed by atoms with van der Waals surface area (Å²) in [5, 5.41) is 2.16. The summed E-state index contributed by atoms with van der Waals surface area (Å²) in [7, 11) is 0. The maximum absolute atomic E-state index is 13.1. The smallest absolute Gasteiger partial charge is 0.335 e. The Balaban J connectivity index is 2.04. The van der Waals surface area contributed by atoms with Gasteiger partial charge in [-0.3, -0.25) is 14.9 Å². The number of nitrogens with one attached hydrogen (secondary N) is 1. The van der Waals surface area contributed by atoms with Crippen molar-refractivity contribution in [3.05, 3.63) is 58.7 Å². The van der Waals surface area contributed by atoms with Crippen molar-refractivity contribution in [2.45, 2.75) is 27.3 Å². The average Bonchev–Trinajstić information content (AvgIpc) is 2.86. The van der Waals surface area contributed by atoms with Crippen LogP contribution in [-0.2, 0) is 16.1 Å².